The van der Waals surface area contributed by atoms with Crippen LogP contribution in [0.3, 0.4) is 0 Å². The zero-order valence-corrected chi connectivity index (χ0v) is 15.5. The van der Waals surface area contributed by atoms with Crippen molar-refractivity contribution in [2.24, 2.45) is 0 Å². The van der Waals surface area contributed by atoms with Gasteiger partial charge in [-0.25, -0.2) is 4.79 Å². The number of hydrogen-bond donors (Lipinski definition) is 3. The summed E-state index contributed by atoms with van der Waals surface area (Å²) in [5.74, 6) is 0.00425. The van der Waals surface area contributed by atoms with Crippen LogP contribution in [0.25, 0.3) is 0 Å². The van der Waals surface area contributed by atoms with E-state index < -0.39 is 0 Å². The predicted octanol–water partition coefficient (Wildman–Crippen LogP) is 3.16. The van der Waals surface area contributed by atoms with Crippen molar-refractivity contribution in [3.05, 3.63) is 71.8 Å². The lowest BCUT2D eigenvalue weighted by Crippen LogP contribution is -2.55. The smallest absolute Gasteiger partial charge is 0.315 e. The van der Waals surface area contributed by atoms with Crippen LogP contribution in [0.15, 0.2) is 60.7 Å². The Labute approximate surface area is 160 Å². The third kappa shape index (κ3) is 6.13. The molecule has 2 unspecified atom stereocenters. The van der Waals surface area contributed by atoms with E-state index in [2.05, 4.69) is 16.0 Å². The Morgan fingerprint density at radius 2 is 1.33 bits per heavy atom. The first-order valence-corrected chi connectivity index (χ1v) is 9.62. The minimum absolute atomic E-state index is 0.00425. The Balaban J connectivity index is 1.49. The minimum atomic E-state index is -0.187. The zero-order valence-electron chi connectivity index (χ0n) is 15.5. The van der Waals surface area contributed by atoms with Gasteiger partial charge in [0, 0.05) is 12.6 Å². The molecular formula is C22H27N3O2. The molecule has 2 aromatic carbocycles. The second-order valence-electron chi connectivity index (χ2n) is 7.04. The number of benzene rings is 2. The van der Waals surface area contributed by atoms with Gasteiger partial charge in [-0.15, -0.1) is 0 Å². The molecule has 0 saturated heterocycles. The highest BCUT2D eigenvalue weighted by atomic mass is 16.2. The van der Waals surface area contributed by atoms with Crippen molar-refractivity contribution in [2.75, 3.05) is 0 Å². The topological polar surface area (TPSA) is 70.2 Å². The van der Waals surface area contributed by atoms with E-state index in [4.69, 9.17) is 0 Å². The lowest BCUT2D eigenvalue weighted by Gasteiger charge is -2.32. The zero-order chi connectivity index (χ0) is 18.9. The van der Waals surface area contributed by atoms with Crippen molar-refractivity contribution in [3.63, 3.8) is 0 Å². The summed E-state index contributed by atoms with van der Waals surface area (Å²) in [5, 5.41) is 9.06. The number of hydrogen-bond acceptors (Lipinski definition) is 2. The van der Waals surface area contributed by atoms with Crippen molar-refractivity contribution in [2.45, 2.75) is 50.7 Å². The van der Waals surface area contributed by atoms with Crippen LogP contribution in [0.4, 0.5) is 4.79 Å². The van der Waals surface area contributed by atoms with Gasteiger partial charge in [-0.1, -0.05) is 73.5 Å². The standard InChI is InChI=1S/C22H27N3O2/c26-21(15-17-9-3-1-4-10-17)24-19-13-7-8-14-20(19)25-22(27)23-16-18-11-5-2-6-12-18/h1-6,9-12,19-20H,7-8,13-16H2,(H,24,26)(H2,23,25,27). The number of rotatable bonds is 6. The van der Waals surface area contributed by atoms with Gasteiger partial charge in [-0.05, 0) is 24.0 Å². The maximum Gasteiger partial charge on any atom is 0.315 e. The summed E-state index contributed by atoms with van der Waals surface area (Å²) in [5.41, 5.74) is 2.06. The molecule has 0 radical (unpaired) electrons. The number of amides is 3. The maximum atomic E-state index is 12.4. The van der Waals surface area contributed by atoms with Crippen LogP contribution >= 0.6 is 0 Å². The van der Waals surface area contributed by atoms with E-state index >= 15 is 0 Å². The molecule has 0 aliphatic heterocycles. The first kappa shape index (κ1) is 19.0. The molecule has 1 aliphatic carbocycles. The van der Waals surface area contributed by atoms with E-state index in [9.17, 15) is 9.59 Å². The maximum absolute atomic E-state index is 12.4. The Bertz CT molecular complexity index is 734. The normalized spacial score (nSPS) is 19.1. The number of carbonyl (C=O) groups excluding carboxylic acids is 2. The first-order valence-electron chi connectivity index (χ1n) is 9.62. The van der Waals surface area contributed by atoms with Gasteiger partial charge in [-0.2, -0.15) is 0 Å². The second-order valence-corrected chi connectivity index (χ2v) is 7.04. The van der Waals surface area contributed by atoms with Crippen LogP contribution < -0.4 is 16.0 Å². The molecule has 0 heterocycles. The fourth-order valence-corrected chi connectivity index (χ4v) is 3.51. The average molecular weight is 365 g/mol. The van der Waals surface area contributed by atoms with Crippen molar-refractivity contribution < 1.29 is 9.59 Å². The van der Waals surface area contributed by atoms with Crippen LogP contribution in [-0.4, -0.2) is 24.0 Å². The molecule has 3 rings (SSSR count). The molecule has 1 saturated carbocycles. The third-order valence-corrected chi connectivity index (χ3v) is 4.93. The highest BCUT2D eigenvalue weighted by Gasteiger charge is 2.27. The summed E-state index contributed by atoms with van der Waals surface area (Å²) in [6, 6.07) is 19.3. The van der Waals surface area contributed by atoms with Crippen molar-refractivity contribution >= 4 is 11.9 Å². The molecule has 1 fully saturated rings. The predicted molar refractivity (Wildman–Crippen MR) is 106 cm³/mol. The molecule has 3 amide bonds. The monoisotopic (exact) mass is 365 g/mol. The van der Waals surface area contributed by atoms with Crippen LogP contribution in [-0.2, 0) is 17.8 Å². The van der Waals surface area contributed by atoms with Gasteiger partial charge in [0.15, 0.2) is 0 Å². The quantitative estimate of drug-likeness (QED) is 0.736. The summed E-state index contributed by atoms with van der Waals surface area (Å²) in [4.78, 5) is 24.7. The van der Waals surface area contributed by atoms with Crippen LogP contribution in [0.1, 0.15) is 36.8 Å². The van der Waals surface area contributed by atoms with E-state index in [0.29, 0.717) is 13.0 Å². The van der Waals surface area contributed by atoms with Crippen molar-refractivity contribution in [1.29, 1.82) is 0 Å². The van der Waals surface area contributed by atoms with Crippen molar-refractivity contribution in [1.82, 2.24) is 16.0 Å². The van der Waals surface area contributed by atoms with Gasteiger partial charge in [0.25, 0.3) is 0 Å². The van der Waals surface area contributed by atoms with Gasteiger partial charge in [0.05, 0.1) is 12.5 Å². The Morgan fingerprint density at radius 1 is 0.778 bits per heavy atom. The van der Waals surface area contributed by atoms with Crippen LogP contribution in [0.5, 0.6) is 0 Å². The van der Waals surface area contributed by atoms with Gasteiger partial charge < -0.3 is 16.0 Å². The van der Waals surface area contributed by atoms with Gasteiger partial charge >= 0.3 is 6.03 Å². The highest BCUT2D eigenvalue weighted by Crippen LogP contribution is 2.19. The largest absolute Gasteiger partial charge is 0.351 e. The SMILES string of the molecule is O=C(Cc1ccccc1)NC1CCCCC1NC(=O)NCc1ccccc1. The van der Waals surface area contributed by atoms with E-state index in [0.717, 1.165) is 36.8 Å². The lowest BCUT2D eigenvalue weighted by molar-refractivity contribution is -0.121. The molecule has 2 atom stereocenters. The third-order valence-electron chi connectivity index (χ3n) is 4.93. The van der Waals surface area contributed by atoms with Crippen molar-refractivity contribution in [3.8, 4) is 0 Å². The molecule has 0 aromatic heterocycles. The molecule has 5 nitrogen and oxygen atoms in total. The summed E-state index contributed by atoms with van der Waals surface area (Å²) in [6.45, 7) is 0.491. The molecule has 5 heteroatoms. The van der Waals surface area contributed by atoms with Crippen LogP contribution in [0.2, 0.25) is 0 Å². The minimum Gasteiger partial charge on any atom is -0.351 e. The Kier molecular flexibility index (Phi) is 6.85. The molecule has 3 N–H and O–H groups in total. The molecule has 0 bridgehead atoms. The first-order chi connectivity index (χ1) is 13.2. The van der Waals surface area contributed by atoms with E-state index in [1.54, 1.807) is 0 Å². The van der Waals surface area contributed by atoms with Gasteiger partial charge in [0.1, 0.15) is 0 Å². The fourth-order valence-electron chi connectivity index (χ4n) is 3.51. The van der Waals surface area contributed by atoms with E-state index in [1.165, 1.54) is 0 Å². The fraction of sp³-hybridized carbons (Fsp3) is 0.364. The summed E-state index contributed by atoms with van der Waals surface area (Å²) >= 11 is 0. The Hall–Kier alpha value is -2.82. The molecule has 1 aliphatic rings. The molecular weight excluding hydrogens is 338 g/mol. The number of nitrogens with one attached hydrogen (secondary N) is 3. The van der Waals surface area contributed by atoms with Gasteiger partial charge in [-0.3, -0.25) is 4.79 Å². The summed E-state index contributed by atoms with van der Waals surface area (Å²) in [7, 11) is 0. The number of carbonyl (C=O) groups is 2. The summed E-state index contributed by atoms with van der Waals surface area (Å²) in [6.07, 6.45) is 4.28. The van der Waals surface area contributed by atoms with Gasteiger partial charge in [0.2, 0.25) is 5.91 Å². The average Bonchev–Trinajstić information content (AvgIpc) is 2.69. The molecule has 2 aromatic rings. The Morgan fingerprint density at radius 3 is 1.96 bits per heavy atom. The molecule has 142 valence electrons. The molecule has 0 spiro atoms. The second kappa shape index (κ2) is 9.76. The summed E-state index contributed by atoms with van der Waals surface area (Å²) < 4.78 is 0. The highest BCUT2D eigenvalue weighted by molar-refractivity contribution is 5.79. The lowest BCUT2D eigenvalue weighted by atomic mass is 9.90. The van der Waals surface area contributed by atoms with E-state index in [1.807, 2.05) is 60.7 Å². The van der Waals surface area contributed by atoms with Crippen LogP contribution in [0, 0.1) is 0 Å². The number of urea groups is 1. The van der Waals surface area contributed by atoms with E-state index in [-0.39, 0.29) is 24.0 Å². The molecule has 27 heavy (non-hydrogen) atoms.